The van der Waals surface area contributed by atoms with E-state index in [4.69, 9.17) is 14.7 Å². The lowest BCUT2D eigenvalue weighted by Crippen LogP contribution is -2.00. The fourth-order valence-electron chi connectivity index (χ4n) is 1.32. The molecule has 0 aromatic heterocycles. The molecule has 16 heavy (non-hydrogen) atoms. The lowest BCUT2D eigenvalue weighted by Gasteiger charge is -2.14. The van der Waals surface area contributed by atoms with Crippen molar-refractivity contribution in [3.8, 4) is 17.6 Å². The number of halogens is 1. The molecular formula is C11H12BrNO3. The van der Waals surface area contributed by atoms with Gasteiger partial charge in [-0.2, -0.15) is 5.26 Å². The minimum absolute atomic E-state index is 0.0358. The number of hydrogen-bond acceptors (Lipinski definition) is 4. The van der Waals surface area contributed by atoms with E-state index in [1.54, 1.807) is 12.1 Å². The molecule has 0 aliphatic heterocycles. The zero-order valence-electron chi connectivity index (χ0n) is 9.03. The molecule has 0 aliphatic rings. The Kier molecular flexibility index (Phi) is 4.59. The van der Waals surface area contributed by atoms with E-state index in [0.29, 0.717) is 21.5 Å². The summed E-state index contributed by atoms with van der Waals surface area (Å²) in [6.45, 7) is 0. The van der Waals surface area contributed by atoms with E-state index in [1.807, 2.05) is 6.07 Å². The Labute approximate surface area is 103 Å². The zero-order valence-corrected chi connectivity index (χ0v) is 10.6. The highest BCUT2D eigenvalue weighted by Crippen LogP contribution is 2.36. The van der Waals surface area contributed by atoms with Crippen molar-refractivity contribution in [3.63, 3.8) is 0 Å². The maximum absolute atomic E-state index is 9.74. The van der Waals surface area contributed by atoms with Gasteiger partial charge in [0.2, 0.25) is 0 Å². The van der Waals surface area contributed by atoms with Crippen LogP contribution >= 0.6 is 15.9 Å². The lowest BCUT2D eigenvalue weighted by atomic mass is 10.1. The van der Waals surface area contributed by atoms with Gasteiger partial charge in [0.25, 0.3) is 0 Å². The Morgan fingerprint density at radius 2 is 1.94 bits per heavy atom. The minimum Gasteiger partial charge on any atom is -0.493 e. The van der Waals surface area contributed by atoms with Gasteiger partial charge in [0.15, 0.2) is 11.5 Å². The zero-order chi connectivity index (χ0) is 12.1. The summed E-state index contributed by atoms with van der Waals surface area (Å²) in [6.07, 6.45) is -0.798. The first-order chi connectivity index (χ1) is 7.63. The third-order valence-corrected chi connectivity index (χ3v) is 2.83. The molecule has 1 aromatic carbocycles. The molecule has 1 aromatic rings. The quantitative estimate of drug-likeness (QED) is 0.923. The second kappa shape index (κ2) is 5.73. The molecule has 0 spiro atoms. The predicted molar refractivity (Wildman–Crippen MR) is 62.4 cm³/mol. The second-order valence-corrected chi connectivity index (χ2v) is 3.96. The molecule has 0 amide bonds. The molecule has 0 radical (unpaired) electrons. The van der Waals surface area contributed by atoms with Crippen LogP contribution in [0.2, 0.25) is 0 Å². The summed E-state index contributed by atoms with van der Waals surface area (Å²) in [7, 11) is 3.06. The number of rotatable bonds is 4. The Balaban J connectivity index is 3.16. The van der Waals surface area contributed by atoms with Crippen molar-refractivity contribution in [2.75, 3.05) is 14.2 Å². The van der Waals surface area contributed by atoms with E-state index in [0.717, 1.165) is 0 Å². The monoisotopic (exact) mass is 285 g/mol. The van der Waals surface area contributed by atoms with Gasteiger partial charge in [-0.3, -0.25) is 0 Å². The molecule has 1 N–H and O–H groups in total. The Morgan fingerprint density at radius 1 is 1.38 bits per heavy atom. The summed E-state index contributed by atoms with van der Waals surface area (Å²) in [6, 6.07) is 5.28. The number of methoxy groups -OCH3 is 2. The number of hydrogen-bond donors (Lipinski definition) is 1. The van der Waals surface area contributed by atoms with Crippen LogP contribution in [0.4, 0.5) is 0 Å². The van der Waals surface area contributed by atoms with Crippen molar-refractivity contribution in [3.05, 3.63) is 22.2 Å². The summed E-state index contributed by atoms with van der Waals surface area (Å²) in [4.78, 5) is 0. The standard InChI is InChI=1S/C11H12BrNO3/c1-15-10-5-7(9(14)3-4-13)8(12)6-11(10)16-2/h5-6,9,14H,3H2,1-2H3. The van der Waals surface area contributed by atoms with E-state index in [1.165, 1.54) is 14.2 Å². The van der Waals surface area contributed by atoms with E-state index in [-0.39, 0.29) is 6.42 Å². The topological polar surface area (TPSA) is 62.5 Å². The summed E-state index contributed by atoms with van der Waals surface area (Å²) in [5, 5.41) is 18.3. The largest absolute Gasteiger partial charge is 0.493 e. The SMILES string of the molecule is COc1cc(Br)c(C(O)CC#N)cc1OC. The molecule has 0 fully saturated rings. The lowest BCUT2D eigenvalue weighted by molar-refractivity contribution is 0.182. The maximum Gasteiger partial charge on any atom is 0.161 e. The highest BCUT2D eigenvalue weighted by Gasteiger charge is 2.15. The van der Waals surface area contributed by atoms with Gasteiger partial charge < -0.3 is 14.6 Å². The molecule has 4 nitrogen and oxygen atoms in total. The van der Waals surface area contributed by atoms with E-state index < -0.39 is 6.10 Å². The molecule has 5 heteroatoms. The molecule has 0 aliphatic carbocycles. The van der Waals surface area contributed by atoms with Gasteiger partial charge in [0.05, 0.1) is 32.8 Å². The van der Waals surface area contributed by atoms with Gasteiger partial charge in [0, 0.05) is 4.47 Å². The fraction of sp³-hybridized carbons (Fsp3) is 0.364. The first-order valence-corrected chi connectivity index (χ1v) is 5.39. The summed E-state index contributed by atoms with van der Waals surface area (Å²) >= 11 is 3.32. The first kappa shape index (κ1) is 12.8. The van der Waals surface area contributed by atoms with Gasteiger partial charge in [-0.25, -0.2) is 0 Å². The third kappa shape index (κ3) is 2.65. The molecule has 0 saturated carbocycles. The molecular weight excluding hydrogens is 274 g/mol. The van der Waals surface area contributed by atoms with Crippen molar-refractivity contribution in [2.45, 2.75) is 12.5 Å². The van der Waals surface area contributed by atoms with Crippen molar-refractivity contribution < 1.29 is 14.6 Å². The van der Waals surface area contributed by atoms with Crippen LogP contribution in [0, 0.1) is 11.3 Å². The van der Waals surface area contributed by atoms with Crippen LogP contribution in [0.5, 0.6) is 11.5 Å². The minimum atomic E-state index is -0.834. The van der Waals surface area contributed by atoms with Gasteiger partial charge >= 0.3 is 0 Å². The first-order valence-electron chi connectivity index (χ1n) is 4.60. The van der Waals surface area contributed by atoms with Crippen LogP contribution < -0.4 is 9.47 Å². The summed E-state index contributed by atoms with van der Waals surface area (Å²) < 4.78 is 10.9. The number of nitrogens with zero attached hydrogens (tertiary/aromatic N) is 1. The number of aliphatic hydroxyl groups is 1. The number of aliphatic hydroxyl groups excluding tert-OH is 1. The smallest absolute Gasteiger partial charge is 0.161 e. The second-order valence-electron chi connectivity index (χ2n) is 3.11. The van der Waals surface area contributed by atoms with Gasteiger partial charge in [-0.1, -0.05) is 15.9 Å². The van der Waals surface area contributed by atoms with Crippen LogP contribution in [-0.4, -0.2) is 19.3 Å². The van der Waals surface area contributed by atoms with Crippen LogP contribution in [0.1, 0.15) is 18.1 Å². The molecule has 86 valence electrons. The molecule has 1 atom stereocenters. The molecule has 1 unspecified atom stereocenters. The Bertz CT molecular complexity index is 414. The van der Waals surface area contributed by atoms with Crippen molar-refractivity contribution in [1.29, 1.82) is 5.26 Å². The molecule has 1 rings (SSSR count). The van der Waals surface area contributed by atoms with Gasteiger partial charge in [0.1, 0.15) is 0 Å². The highest BCUT2D eigenvalue weighted by atomic mass is 79.9. The van der Waals surface area contributed by atoms with Crippen molar-refractivity contribution in [1.82, 2.24) is 0 Å². The van der Waals surface area contributed by atoms with Crippen LogP contribution in [-0.2, 0) is 0 Å². The number of nitriles is 1. The Morgan fingerprint density at radius 3 is 2.44 bits per heavy atom. The molecule has 0 saturated heterocycles. The Hall–Kier alpha value is -1.25. The van der Waals surface area contributed by atoms with Crippen LogP contribution in [0.25, 0.3) is 0 Å². The van der Waals surface area contributed by atoms with Crippen molar-refractivity contribution in [2.24, 2.45) is 0 Å². The van der Waals surface area contributed by atoms with E-state index >= 15 is 0 Å². The maximum atomic E-state index is 9.74. The highest BCUT2D eigenvalue weighted by molar-refractivity contribution is 9.10. The summed E-state index contributed by atoms with van der Waals surface area (Å²) in [5.74, 6) is 1.10. The van der Waals surface area contributed by atoms with Crippen molar-refractivity contribution >= 4 is 15.9 Å². The average Bonchev–Trinajstić information content (AvgIpc) is 2.28. The average molecular weight is 286 g/mol. The summed E-state index contributed by atoms with van der Waals surface area (Å²) in [5.41, 5.74) is 0.610. The number of benzene rings is 1. The van der Waals surface area contributed by atoms with E-state index in [2.05, 4.69) is 15.9 Å². The van der Waals surface area contributed by atoms with Crippen LogP contribution in [0.15, 0.2) is 16.6 Å². The van der Waals surface area contributed by atoms with Gasteiger partial charge in [-0.05, 0) is 17.7 Å². The van der Waals surface area contributed by atoms with Crippen LogP contribution in [0.3, 0.4) is 0 Å². The normalized spacial score (nSPS) is 11.7. The molecule has 0 heterocycles. The molecule has 0 bridgehead atoms. The van der Waals surface area contributed by atoms with E-state index in [9.17, 15) is 5.11 Å². The predicted octanol–water partition coefficient (Wildman–Crippen LogP) is 2.41. The van der Waals surface area contributed by atoms with Gasteiger partial charge in [-0.15, -0.1) is 0 Å². The number of ether oxygens (including phenoxy) is 2. The fourth-order valence-corrected chi connectivity index (χ4v) is 1.91. The third-order valence-electron chi connectivity index (χ3n) is 2.15.